The first-order valence-corrected chi connectivity index (χ1v) is 13.4. The van der Waals surface area contributed by atoms with Crippen molar-refractivity contribution in [2.24, 2.45) is 5.92 Å². The second-order valence-electron chi connectivity index (χ2n) is 8.67. The number of hydrogen-bond donors (Lipinski definition) is 1. The summed E-state index contributed by atoms with van der Waals surface area (Å²) in [5.41, 5.74) is 4.40. The fourth-order valence-corrected chi connectivity index (χ4v) is 5.30. The van der Waals surface area contributed by atoms with Crippen molar-refractivity contribution >= 4 is 28.8 Å². The van der Waals surface area contributed by atoms with E-state index in [2.05, 4.69) is 23.7 Å². The third-order valence-electron chi connectivity index (χ3n) is 6.31. The first kappa shape index (κ1) is 26.5. The van der Waals surface area contributed by atoms with Gasteiger partial charge in [-0.05, 0) is 37.8 Å². The van der Waals surface area contributed by atoms with Gasteiger partial charge in [0.15, 0.2) is 0 Å². The van der Waals surface area contributed by atoms with Crippen molar-refractivity contribution in [3.8, 4) is 22.0 Å². The van der Waals surface area contributed by atoms with Crippen LogP contribution in [0.3, 0.4) is 0 Å². The van der Waals surface area contributed by atoms with Gasteiger partial charge in [-0.15, -0.1) is 11.3 Å². The van der Waals surface area contributed by atoms with Crippen molar-refractivity contribution in [2.45, 2.75) is 59.4 Å². The van der Waals surface area contributed by atoms with Gasteiger partial charge in [0.25, 0.3) is 5.91 Å². The molecule has 7 heteroatoms. The van der Waals surface area contributed by atoms with E-state index in [1.54, 1.807) is 18.4 Å². The highest BCUT2D eigenvalue weighted by Crippen LogP contribution is 2.34. The molecule has 0 aliphatic rings. The van der Waals surface area contributed by atoms with Crippen LogP contribution in [-0.2, 0) is 11.3 Å². The standard InChI is InChI=1S/C27H36ClN3O2S/c1-5-7-11-20(6-2)17-29-26(32)22-16-25(31(19(22)3)14-10-15-33-4)24-18-34-27(30-24)21-12-8-9-13-23(21)28/h8-9,12-13,16,18,20H,5-7,10-11,14-15,17H2,1-4H3,(H,29,32). The van der Waals surface area contributed by atoms with Crippen molar-refractivity contribution in [2.75, 3.05) is 20.3 Å². The average molecular weight is 502 g/mol. The highest BCUT2D eigenvalue weighted by atomic mass is 35.5. The number of halogens is 1. The van der Waals surface area contributed by atoms with Crippen LogP contribution < -0.4 is 5.32 Å². The molecule has 0 spiro atoms. The summed E-state index contributed by atoms with van der Waals surface area (Å²) in [4.78, 5) is 18.1. The number of carbonyl (C=O) groups is 1. The molecule has 184 valence electrons. The number of carbonyl (C=O) groups excluding carboxylic acids is 1. The molecule has 0 fully saturated rings. The molecule has 1 atom stereocenters. The lowest BCUT2D eigenvalue weighted by Crippen LogP contribution is -2.29. The van der Waals surface area contributed by atoms with E-state index in [0.29, 0.717) is 29.7 Å². The van der Waals surface area contributed by atoms with E-state index in [0.717, 1.165) is 53.5 Å². The van der Waals surface area contributed by atoms with Gasteiger partial charge in [0, 0.05) is 43.4 Å². The van der Waals surface area contributed by atoms with Crippen LogP contribution in [0.5, 0.6) is 0 Å². The molecule has 0 aliphatic heterocycles. The Labute approximate surface area is 212 Å². The van der Waals surface area contributed by atoms with Gasteiger partial charge in [-0.2, -0.15) is 0 Å². The molecule has 0 saturated carbocycles. The maximum Gasteiger partial charge on any atom is 0.253 e. The van der Waals surface area contributed by atoms with Crippen molar-refractivity contribution in [3.63, 3.8) is 0 Å². The highest BCUT2D eigenvalue weighted by molar-refractivity contribution is 7.13. The number of rotatable bonds is 13. The van der Waals surface area contributed by atoms with Crippen LogP contribution in [0.2, 0.25) is 5.02 Å². The summed E-state index contributed by atoms with van der Waals surface area (Å²) < 4.78 is 7.46. The van der Waals surface area contributed by atoms with Crippen molar-refractivity contribution in [1.82, 2.24) is 14.9 Å². The van der Waals surface area contributed by atoms with Gasteiger partial charge >= 0.3 is 0 Å². The number of nitrogens with one attached hydrogen (secondary N) is 1. The Morgan fingerprint density at radius 1 is 1.26 bits per heavy atom. The lowest BCUT2D eigenvalue weighted by atomic mass is 9.99. The molecule has 2 heterocycles. The van der Waals surface area contributed by atoms with Crippen LogP contribution in [0.4, 0.5) is 0 Å². The molecule has 0 bridgehead atoms. The number of amides is 1. The van der Waals surface area contributed by atoms with Crippen LogP contribution >= 0.6 is 22.9 Å². The third kappa shape index (κ3) is 6.49. The smallest absolute Gasteiger partial charge is 0.253 e. The van der Waals surface area contributed by atoms with E-state index in [1.165, 1.54) is 12.8 Å². The minimum absolute atomic E-state index is 0.0132. The van der Waals surface area contributed by atoms with Gasteiger partial charge in [-0.3, -0.25) is 4.79 Å². The summed E-state index contributed by atoms with van der Waals surface area (Å²) in [6.45, 7) is 8.55. The van der Waals surface area contributed by atoms with Gasteiger partial charge in [-0.25, -0.2) is 4.98 Å². The maximum absolute atomic E-state index is 13.2. The Balaban J connectivity index is 1.88. The lowest BCUT2D eigenvalue weighted by molar-refractivity contribution is 0.0945. The number of nitrogens with zero attached hydrogens (tertiary/aromatic N) is 2. The zero-order valence-electron chi connectivity index (χ0n) is 20.7. The molecule has 1 aromatic carbocycles. The van der Waals surface area contributed by atoms with Crippen LogP contribution in [0.1, 0.15) is 62.0 Å². The van der Waals surface area contributed by atoms with Gasteiger partial charge in [0.2, 0.25) is 0 Å². The molecule has 1 unspecified atom stereocenters. The van der Waals surface area contributed by atoms with E-state index in [4.69, 9.17) is 21.3 Å². The first-order chi connectivity index (χ1) is 16.5. The normalized spacial score (nSPS) is 12.1. The molecular weight excluding hydrogens is 466 g/mol. The Bertz CT molecular complexity index is 1080. The van der Waals surface area contributed by atoms with Crippen molar-refractivity contribution in [3.05, 3.63) is 52.0 Å². The molecule has 0 aliphatic carbocycles. The van der Waals surface area contributed by atoms with Crippen LogP contribution in [0, 0.1) is 12.8 Å². The highest BCUT2D eigenvalue weighted by Gasteiger charge is 2.21. The average Bonchev–Trinajstić information content (AvgIpc) is 3.45. The topological polar surface area (TPSA) is 56.2 Å². The third-order valence-corrected chi connectivity index (χ3v) is 7.51. The number of thiazole rings is 1. The number of ether oxygens (including phenoxy) is 1. The number of unbranched alkanes of at least 4 members (excludes halogenated alkanes) is 1. The predicted molar refractivity (Wildman–Crippen MR) is 143 cm³/mol. The SMILES string of the molecule is CCCCC(CC)CNC(=O)c1cc(-c2csc(-c3ccccc3Cl)n2)n(CCCOC)c1C. The zero-order valence-corrected chi connectivity index (χ0v) is 22.3. The molecule has 34 heavy (non-hydrogen) atoms. The minimum Gasteiger partial charge on any atom is -0.385 e. The fourth-order valence-electron chi connectivity index (χ4n) is 4.17. The van der Waals surface area contributed by atoms with Crippen molar-refractivity contribution in [1.29, 1.82) is 0 Å². The van der Waals surface area contributed by atoms with Gasteiger partial charge in [0.1, 0.15) is 5.01 Å². The number of hydrogen-bond acceptors (Lipinski definition) is 4. The van der Waals surface area contributed by atoms with Crippen LogP contribution in [0.25, 0.3) is 22.0 Å². The van der Waals surface area contributed by atoms with Gasteiger partial charge in [0.05, 0.1) is 22.0 Å². The lowest BCUT2D eigenvalue weighted by Gasteiger charge is -2.15. The fraction of sp³-hybridized carbons (Fsp3) is 0.481. The quantitative estimate of drug-likeness (QED) is 0.251. The van der Waals surface area contributed by atoms with E-state index in [-0.39, 0.29) is 5.91 Å². The number of methoxy groups -OCH3 is 1. The largest absolute Gasteiger partial charge is 0.385 e. The Kier molecular flexibility index (Phi) is 10.2. The Hall–Kier alpha value is -2.15. The molecular formula is C27H36ClN3O2S. The Morgan fingerprint density at radius 3 is 2.76 bits per heavy atom. The molecule has 0 radical (unpaired) electrons. The van der Waals surface area contributed by atoms with E-state index >= 15 is 0 Å². The molecule has 1 amide bonds. The summed E-state index contributed by atoms with van der Waals surface area (Å²) in [5, 5.41) is 6.78. The number of aromatic nitrogens is 2. The Morgan fingerprint density at radius 2 is 2.06 bits per heavy atom. The predicted octanol–water partition coefficient (Wildman–Crippen LogP) is 7.22. The van der Waals surface area contributed by atoms with Crippen LogP contribution in [0.15, 0.2) is 35.7 Å². The zero-order chi connectivity index (χ0) is 24.5. The van der Waals surface area contributed by atoms with E-state index in [9.17, 15) is 4.79 Å². The first-order valence-electron chi connectivity index (χ1n) is 12.2. The minimum atomic E-state index is -0.0132. The van der Waals surface area contributed by atoms with Gasteiger partial charge in [-0.1, -0.05) is 62.9 Å². The second kappa shape index (κ2) is 13.1. The van der Waals surface area contributed by atoms with Crippen LogP contribution in [-0.4, -0.2) is 35.7 Å². The monoisotopic (exact) mass is 501 g/mol. The maximum atomic E-state index is 13.2. The summed E-state index contributed by atoms with van der Waals surface area (Å²) in [7, 11) is 1.71. The van der Waals surface area contributed by atoms with Gasteiger partial charge < -0.3 is 14.6 Å². The van der Waals surface area contributed by atoms with Crippen molar-refractivity contribution < 1.29 is 9.53 Å². The molecule has 3 rings (SSSR count). The second-order valence-corrected chi connectivity index (χ2v) is 9.94. The summed E-state index contributed by atoms with van der Waals surface area (Å²) in [6, 6.07) is 9.72. The number of benzene rings is 1. The van der Waals surface area contributed by atoms with E-state index in [1.807, 2.05) is 42.6 Å². The molecule has 2 aromatic heterocycles. The van der Waals surface area contributed by atoms with E-state index < -0.39 is 0 Å². The summed E-state index contributed by atoms with van der Waals surface area (Å²) in [5.74, 6) is 0.505. The summed E-state index contributed by atoms with van der Waals surface area (Å²) >= 11 is 7.96. The molecule has 3 aromatic rings. The molecule has 0 saturated heterocycles. The molecule has 1 N–H and O–H groups in total. The molecule has 5 nitrogen and oxygen atoms in total. The summed E-state index contributed by atoms with van der Waals surface area (Å²) in [6.07, 6.45) is 5.47.